The van der Waals surface area contributed by atoms with Gasteiger partial charge >= 0.3 is 12.1 Å². The van der Waals surface area contributed by atoms with Crippen LogP contribution in [-0.2, 0) is 20.9 Å². The minimum absolute atomic E-state index is 0.0920. The smallest absolute Gasteiger partial charge is 0.408 e. The van der Waals surface area contributed by atoms with E-state index in [9.17, 15) is 9.59 Å². The highest BCUT2D eigenvalue weighted by atomic mass is 16.5. The number of benzene rings is 2. The van der Waals surface area contributed by atoms with E-state index in [2.05, 4.69) is 11.9 Å². The van der Waals surface area contributed by atoms with Gasteiger partial charge in [0.25, 0.3) is 0 Å². The maximum absolute atomic E-state index is 12.2. The highest BCUT2D eigenvalue weighted by Crippen LogP contribution is 2.24. The van der Waals surface area contributed by atoms with Crippen molar-refractivity contribution in [3.63, 3.8) is 0 Å². The first-order valence-electron chi connectivity index (χ1n) is 7.93. The molecule has 0 saturated carbocycles. The molecule has 6 heteroatoms. The fourth-order valence-electron chi connectivity index (χ4n) is 2.30. The first-order chi connectivity index (χ1) is 12.5. The molecule has 136 valence electrons. The summed E-state index contributed by atoms with van der Waals surface area (Å²) < 4.78 is 15.1. The summed E-state index contributed by atoms with van der Waals surface area (Å²) in [6.07, 6.45) is -0.667. The Bertz CT molecular complexity index is 756. The number of hydrogen-bond donors (Lipinski definition) is 1. The van der Waals surface area contributed by atoms with Crippen LogP contribution in [0.5, 0.6) is 5.75 Å². The highest BCUT2D eigenvalue weighted by molar-refractivity contribution is 5.90. The molecule has 0 aliphatic rings. The quantitative estimate of drug-likeness (QED) is 0.609. The number of ether oxygens (including phenoxy) is 3. The molecule has 0 aliphatic carbocycles. The number of methoxy groups -OCH3 is 2. The Morgan fingerprint density at radius 1 is 1.04 bits per heavy atom. The first kappa shape index (κ1) is 19.1. The molecule has 0 aromatic heterocycles. The Labute approximate surface area is 152 Å². The first-order valence-corrected chi connectivity index (χ1v) is 7.93. The van der Waals surface area contributed by atoms with Crippen molar-refractivity contribution < 1.29 is 23.8 Å². The molecule has 1 amide bonds. The Kier molecular flexibility index (Phi) is 6.79. The number of carbonyl (C=O) groups excluding carboxylic acids is 2. The van der Waals surface area contributed by atoms with E-state index in [-0.39, 0.29) is 12.2 Å². The van der Waals surface area contributed by atoms with Crippen LogP contribution in [0.25, 0.3) is 0 Å². The summed E-state index contributed by atoms with van der Waals surface area (Å²) in [5.74, 6) is 0.0389. The van der Waals surface area contributed by atoms with Crippen molar-refractivity contribution in [2.45, 2.75) is 12.6 Å². The van der Waals surface area contributed by atoms with Crippen LogP contribution < -0.4 is 10.1 Å². The average Bonchev–Trinajstić information content (AvgIpc) is 2.70. The number of alkyl carbamates (subject to hydrolysis) is 1. The standard InChI is InChI=1S/C20H21NO5/c1-14(19(22)25-3)18(16-9-11-17(24-2)12-10-16)21-20(23)26-13-15-7-5-4-6-8-15/h4-12,18H,1,13H2,2-3H3,(H,21,23). The van der Waals surface area contributed by atoms with Crippen LogP contribution in [0.15, 0.2) is 66.7 Å². The third-order valence-electron chi connectivity index (χ3n) is 3.72. The molecule has 2 aromatic rings. The van der Waals surface area contributed by atoms with Gasteiger partial charge in [-0.2, -0.15) is 0 Å². The zero-order valence-electron chi connectivity index (χ0n) is 14.7. The molecule has 2 rings (SSSR count). The fourth-order valence-corrected chi connectivity index (χ4v) is 2.30. The van der Waals surface area contributed by atoms with Crippen LogP contribution in [0, 0.1) is 0 Å². The van der Waals surface area contributed by atoms with Crippen molar-refractivity contribution in [1.29, 1.82) is 0 Å². The summed E-state index contributed by atoms with van der Waals surface area (Å²) in [6.45, 7) is 3.86. The van der Waals surface area contributed by atoms with Gasteiger partial charge in [0.1, 0.15) is 12.4 Å². The van der Waals surface area contributed by atoms with E-state index in [0.29, 0.717) is 11.3 Å². The van der Waals surface area contributed by atoms with Crippen molar-refractivity contribution >= 4 is 12.1 Å². The van der Waals surface area contributed by atoms with Gasteiger partial charge in [-0.3, -0.25) is 0 Å². The van der Waals surface area contributed by atoms with E-state index in [0.717, 1.165) is 5.56 Å². The zero-order chi connectivity index (χ0) is 18.9. The number of carbonyl (C=O) groups is 2. The summed E-state index contributed by atoms with van der Waals surface area (Å²) in [6, 6.07) is 15.4. The van der Waals surface area contributed by atoms with E-state index >= 15 is 0 Å². The predicted molar refractivity (Wildman–Crippen MR) is 96.7 cm³/mol. The molecular formula is C20H21NO5. The van der Waals surface area contributed by atoms with E-state index in [4.69, 9.17) is 14.2 Å². The van der Waals surface area contributed by atoms with Crippen molar-refractivity contribution in [3.8, 4) is 5.75 Å². The minimum atomic E-state index is -0.781. The molecule has 0 spiro atoms. The molecule has 1 N–H and O–H groups in total. The highest BCUT2D eigenvalue weighted by Gasteiger charge is 2.24. The lowest BCUT2D eigenvalue weighted by Crippen LogP contribution is -2.32. The van der Waals surface area contributed by atoms with Gasteiger partial charge in [-0.25, -0.2) is 9.59 Å². The van der Waals surface area contributed by atoms with Crippen LogP contribution >= 0.6 is 0 Å². The Hall–Kier alpha value is -3.28. The Morgan fingerprint density at radius 3 is 2.27 bits per heavy atom. The van der Waals surface area contributed by atoms with Gasteiger partial charge in [0.2, 0.25) is 0 Å². The topological polar surface area (TPSA) is 73.9 Å². The second kappa shape index (κ2) is 9.27. The maximum Gasteiger partial charge on any atom is 0.408 e. The van der Waals surface area contributed by atoms with Crippen LogP contribution in [0.3, 0.4) is 0 Å². The van der Waals surface area contributed by atoms with Gasteiger partial charge in [0, 0.05) is 0 Å². The number of hydrogen-bond acceptors (Lipinski definition) is 5. The molecule has 0 heterocycles. The van der Waals surface area contributed by atoms with Gasteiger partial charge in [-0.1, -0.05) is 49.0 Å². The maximum atomic E-state index is 12.2. The fraction of sp³-hybridized carbons (Fsp3) is 0.200. The van der Waals surface area contributed by atoms with Crippen molar-refractivity contribution in [3.05, 3.63) is 77.9 Å². The third kappa shape index (κ3) is 5.11. The third-order valence-corrected chi connectivity index (χ3v) is 3.72. The van der Waals surface area contributed by atoms with Crippen LogP contribution in [0.1, 0.15) is 17.2 Å². The summed E-state index contributed by atoms with van der Waals surface area (Å²) in [4.78, 5) is 24.1. The van der Waals surface area contributed by atoms with Crippen LogP contribution in [-0.4, -0.2) is 26.3 Å². The number of nitrogens with one attached hydrogen (secondary N) is 1. The molecule has 26 heavy (non-hydrogen) atoms. The number of esters is 1. The lowest BCUT2D eigenvalue weighted by atomic mass is 10.00. The van der Waals surface area contributed by atoms with Crippen molar-refractivity contribution in [2.75, 3.05) is 14.2 Å². The lowest BCUT2D eigenvalue weighted by Gasteiger charge is -2.20. The summed E-state index contributed by atoms with van der Waals surface area (Å²) >= 11 is 0. The minimum Gasteiger partial charge on any atom is -0.497 e. The molecule has 1 unspecified atom stereocenters. The van der Waals surface area contributed by atoms with E-state index < -0.39 is 18.1 Å². The summed E-state index contributed by atoms with van der Waals surface area (Å²) in [5.41, 5.74) is 1.60. The zero-order valence-corrected chi connectivity index (χ0v) is 14.7. The molecule has 0 fully saturated rings. The second-order valence-electron chi connectivity index (χ2n) is 5.43. The largest absolute Gasteiger partial charge is 0.497 e. The van der Waals surface area contributed by atoms with Gasteiger partial charge < -0.3 is 19.5 Å². The van der Waals surface area contributed by atoms with Gasteiger partial charge in [0.15, 0.2) is 0 Å². The van der Waals surface area contributed by atoms with Gasteiger partial charge in [-0.05, 0) is 23.3 Å². The van der Waals surface area contributed by atoms with E-state index in [1.807, 2.05) is 30.3 Å². The second-order valence-corrected chi connectivity index (χ2v) is 5.43. The van der Waals surface area contributed by atoms with Gasteiger partial charge in [-0.15, -0.1) is 0 Å². The monoisotopic (exact) mass is 355 g/mol. The van der Waals surface area contributed by atoms with Crippen LogP contribution in [0.2, 0.25) is 0 Å². The van der Waals surface area contributed by atoms with Crippen molar-refractivity contribution in [2.24, 2.45) is 0 Å². The molecule has 1 atom stereocenters. The molecular weight excluding hydrogens is 334 g/mol. The normalized spacial score (nSPS) is 11.2. The SMILES string of the molecule is C=C(C(=O)OC)C(NC(=O)OCc1ccccc1)c1ccc(OC)cc1. The molecule has 0 radical (unpaired) electrons. The molecule has 0 aliphatic heterocycles. The Morgan fingerprint density at radius 2 is 1.69 bits per heavy atom. The number of amides is 1. The summed E-state index contributed by atoms with van der Waals surface area (Å²) in [5, 5.41) is 2.65. The van der Waals surface area contributed by atoms with Crippen molar-refractivity contribution in [1.82, 2.24) is 5.32 Å². The lowest BCUT2D eigenvalue weighted by molar-refractivity contribution is -0.136. The predicted octanol–water partition coefficient (Wildman–Crippen LogP) is 3.39. The number of rotatable bonds is 7. The summed E-state index contributed by atoms with van der Waals surface area (Å²) in [7, 11) is 2.81. The average molecular weight is 355 g/mol. The van der Waals surface area contributed by atoms with Gasteiger partial charge in [0.05, 0.1) is 25.8 Å². The van der Waals surface area contributed by atoms with E-state index in [1.165, 1.54) is 7.11 Å². The molecule has 0 saturated heterocycles. The molecule has 2 aromatic carbocycles. The molecule has 6 nitrogen and oxygen atoms in total. The molecule has 0 bridgehead atoms. The Balaban J connectivity index is 2.11. The van der Waals surface area contributed by atoms with Crippen LogP contribution in [0.4, 0.5) is 4.79 Å². The van der Waals surface area contributed by atoms with E-state index in [1.54, 1.807) is 31.4 Å².